The number of halogens is 6. The van der Waals surface area contributed by atoms with Gasteiger partial charge in [-0.2, -0.15) is 26.3 Å². The van der Waals surface area contributed by atoms with Crippen molar-refractivity contribution in [1.82, 2.24) is 0 Å². The van der Waals surface area contributed by atoms with Gasteiger partial charge in [0.25, 0.3) is 0 Å². The highest BCUT2D eigenvalue weighted by atomic mass is 32.2. The molecule has 5 atom stereocenters. The van der Waals surface area contributed by atoms with Crippen LogP contribution >= 0.6 is 0 Å². The number of aliphatic hydroxyl groups is 1. The zero-order valence-corrected chi connectivity index (χ0v) is 70.9. The first kappa shape index (κ1) is 92.4. The van der Waals surface area contributed by atoms with Gasteiger partial charge in [0.1, 0.15) is 11.2 Å². The Hall–Kier alpha value is -8.33. The Labute approximate surface area is 706 Å². The quantitative estimate of drug-likeness (QED) is 0.0259. The molecule has 29 heteroatoms. The molecule has 1 saturated heterocycles. The molecule has 0 amide bonds. The number of benzene rings is 9. The SMILES string of the molecule is CC(CS(=O)(=O)[O-])C(=O)OC12CC3CC(CC(C3)C1)C2.CC(CS(=O)(=O)[O-])C(=O)OC12CC3CC(CC(O)(C3)C1)C2.O=C1OC(C(F)(F)F)(C(F)(F)F)CCOCC1CS(=O)(=O)[O-].c1ccc([S+](c2ccccc2)c2ccccc2)cc1.c1ccc([S+](c2ccccc2)c2ccccc2)cc1.c1ccc([S+](c2ccccc2)c2ccccc2)cc1. The summed E-state index contributed by atoms with van der Waals surface area (Å²) in [7, 11) is -14.0. The summed E-state index contributed by atoms with van der Waals surface area (Å²) < 4.78 is 192. The summed E-state index contributed by atoms with van der Waals surface area (Å²) in [6.45, 7) is 0.916. The van der Waals surface area contributed by atoms with Gasteiger partial charge in [-0.15, -0.1) is 0 Å². The molecule has 9 aromatic carbocycles. The van der Waals surface area contributed by atoms with Crippen LogP contribution in [0.3, 0.4) is 0 Å². The number of rotatable bonds is 19. The van der Waals surface area contributed by atoms with Crippen molar-refractivity contribution in [2.24, 2.45) is 47.3 Å². The van der Waals surface area contributed by atoms with Gasteiger partial charge in [-0.25, -0.2) is 25.3 Å². The second-order valence-electron chi connectivity index (χ2n) is 31.8. The molecular formula is C91H96F6O17S6. The normalized spacial score (nSPS) is 23.7. The summed E-state index contributed by atoms with van der Waals surface area (Å²) >= 11 is 0. The standard InChI is InChI=1S/3C18H15S.C14H22O6S.C14H22O5S.C9H10F6O6S/c3*1-4-10-16(11-5-1)19(17-12-6-2-7-13-17)18-14-8-3-9-15-18;1-9(7-21(17,18)19)12(15)20-14-5-10-2-11(6-14)4-13(16,3-10)8-14;1-9(8-20(16,17)18)13(15)19-14-5-10-2-11(6-14)4-12(3-10)7-14;10-8(11,12)7(9(13,14)15)1-2-20-3-5(6(16)21-7)4-22(17,18)19/h3*1-15H;9-11,16H,2-8H2,1H3,(H,17,18,19);9-12H,2-8H2,1H3,(H,16,17,18);5H,1-4H2,(H,17,18,19)/q3*+1;;;/p-3. The average molecular weight is 1770 g/mol. The Morgan fingerprint density at radius 3 is 0.908 bits per heavy atom. The molecular weight excluding hydrogens is 1670 g/mol. The highest BCUT2D eigenvalue weighted by Gasteiger charge is 2.74. The fourth-order valence-electron chi connectivity index (χ4n) is 17.8. The predicted octanol–water partition coefficient (Wildman–Crippen LogP) is 17.8. The van der Waals surface area contributed by atoms with Gasteiger partial charge in [0.05, 0.1) is 117 Å². The van der Waals surface area contributed by atoms with E-state index in [1.807, 2.05) is 0 Å². The van der Waals surface area contributed by atoms with Crippen LogP contribution in [-0.4, -0.2) is 127 Å². The highest BCUT2D eigenvalue weighted by molar-refractivity contribution is 7.97. The van der Waals surface area contributed by atoms with Gasteiger partial charge in [0.15, 0.2) is 44.1 Å². The number of cyclic esters (lactones) is 1. The largest absolute Gasteiger partial charge is 0.748 e. The predicted molar refractivity (Wildman–Crippen MR) is 442 cm³/mol. The fraction of sp³-hybridized carbons (Fsp3) is 0.374. The zero-order valence-electron chi connectivity index (χ0n) is 66.0. The topological polar surface area (TPSA) is 280 Å². The van der Waals surface area contributed by atoms with Gasteiger partial charge >= 0.3 is 35.9 Å². The molecule has 9 aliphatic rings. The Balaban J connectivity index is 0.000000141. The third-order valence-corrected chi connectivity index (χ3v) is 31.3. The average Bonchev–Trinajstić information content (AvgIpc) is 0.717. The van der Waals surface area contributed by atoms with E-state index >= 15 is 0 Å². The lowest BCUT2D eigenvalue weighted by atomic mass is 9.52. The summed E-state index contributed by atoms with van der Waals surface area (Å²) in [5.41, 5.74) is -6.58. The van der Waals surface area contributed by atoms with E-state index in [0.29, 0.717) is 36.0 Å². The molecule has 9 fully saturated rings. The van der Waals surface area contributed by atoms with Crippen LogP contribution in [0.1, 0.15) is 97.3 Å². The number of carbonyl (C=O) groups excluding carboxylic acids is 3. The van der Waals surface area contributed by atoms with Crippen molar-refractivity contribution in [2.45, 2.75) is 176 Å². The minimum Gasteiger partial charge on any atom is -0.748 e. The number of hydrogen-bond donors (Lipinski definition) is 1. The molecule has 18 rings (SSSR count). The lowest BCUT2D eigenvalue weighted by Gasteiger charge is -2.59. The van der Waals surface area contributed by atoms with Crippen LogP contribution in [-0.2, 0) is 96.4 Å². The van der Waals surface area contributed by atoms with E-state index in [0.717, 1.165) is 51.4 Å². The fourth-order valence-corrected chi connectivity index (χ4v) is 26.3. The maximum atomic E-state index is 12.8. The Bertz CT molecular complexity index is 4510. The van der Waals surface area contributed by atoms with Gasteiger partial charge in [-0.1, -0.05) is 178 Å². The summed E-state index contributed by atoms with van der Waals surface area (Å²) in [5, 5.41) is 10.6. The lowest BCUT2D eigenvalue weighted by molar-refractivity contribution is -0.376. The number of hydrogen-bond acceptors (Lipinski definition) is 17. The van der Waals surface area contributed by atoms with Gasteiger partial charge < -0.3 is 37.7 Å². The van der Waals surface area contributed by atoms with Crippen molar-refractivity contribution in [2.75, 3.05) is 30.5 Å². The number of carbonyl (C=O) groups is 3. The van der Waals surface area contributed by atoms with Crippen molar-refractivity contribution in [3.63, 3.8) is 0 Å². The molecule has 5 unspecified atom stereocenters. The number of ether oxygens (including phenoxy) is 4. The molecule has 9 aromatic rings. The second-order valence-corrected chi connectivity index (χ2v) is 42.2. The van der Waals surface area contributed by atoms with Gasteiger partial charge in [-0.05, 0) is 209 Å². The molecule has 1 N–H and O–H groups in total. The number of alkyl halides is 6. The first-order valence-corrected chi connectivity index (χ1v) is 47.9. The second kappa shape index (κ2) is 40.3. The third kappa shape index (κ3) is 25.7. The maximum Gasteiger partial charge on any atom is 0.437 e. The molecule has 1 heterocycles. The number of esters is 3. The molecule has 8 saturated carbocycles. The highest BCUT2D eigenvalue weighted by Crippen LogP contribution is 2.60. The summed E-state index contributed by atoms with van der Waals surface area (Å²) in [4.78, 5) is 47.9. The van der Waals surface area contributed by atoms with Crippen molar-refractivity contribution < 1.29 is 104 Å². The molecule has 640 valence electrons. The monoisotopic (exact) mass is 1770 g/mol. The van der Waals surface area contributed by atoms with Crippen LogP contribution in [0.25, 0.3) is 0 Å². The van der Waals surface area contributed by atoms with Crippen LogP contribution in [0, 0.1) is 47.3 Å². The minimum atomic E-state index is -6.00. The van der Waals surface area contributed by atoms with Crippen molar-refractivity contribution in [3.8, 4) is 0 Å². The van der Waals surface area contributed by atoms with Crippen LogP contribution in [0.2, 0.25) is 0 Å². The van der Waals surface area contributed by atoms with Gasteiger partial charge in [0, 0.05) is 12.8 Å². The van der Waals surface area contributed by atoms with E-state index in [9.17, 15) is 84.7 Å². The minimum absolute atomic E-state index is 0.0146. The lowest BCUT2D eigenvalue weighted by Crippen LogP contribution is -2.61. The van der Waals surface area contributed by atoms with Gasteiger partial charge in [0.2, 0.25) is 0 Å². The van der Waals surface area contributed by atoms with Crippen molar-refractivity contribution >= 4 is 80.9 Å². The van der Waals surface area contributed by atoms with Gasteiger partial charge in [-0.3, -0.25) is 14.4 Å². The molecule has 17 nitrogen and oxygen atoms in total. The van der Waals surface area contributed by atoms with E-state index in [1.54, 1.807) is 0 Å². The van der Waals surface area contributed by atoms with E-state index in [2.05, 4.69) is 282 Å². The molecule has 0 aromatic heterocycles. The third-order valence-electron chi connectivity index (χ3n) is 22.0. The molecule has 120 heavy (non-hydrogen) atoms. The van der Waals surface area contributed by atoms with Crippen molar-refractivity contribution in [1.29, 1.82) is 0 Å². The van der Waals surface area contributed by atoms with Crippen LogP contribution in [0.15, 0.2) is 317 Å². The summed E-state index contributed by atoms with van der Waals surface area (Å²) in [6.07, 6.45) is -2.67. The summed E-state index contributed by atoms with van der Waals surface area (Å²) in [5.74, 6) is -7.39. The molecule has 8 aliphatic carbocycles. The van der Waals surface area contributed by atoms with E-state index in [4.69, 9.17) is 9.47 Å². The van der Waals surface area contributed by atoms with E-state index in [-0.39, 0.29) is 38.3 Å². The maximum absolute atomic E-state index is 12.8. The van der Waals surface area contributed by atoms with Crippen LogP contribution in [0.5, 0.6) is 0 Å². The van der Waals surface area contributed by atoms with E-state index in [1.165, 1.54) is 77.2 Å². The zero-order chi connectivity index (χ0) is 86.2. The molecule has 0 radical (unpaired) electrons. The Kier molecular flexibility index (Phi) is 31.1. The van der Waals surface area contributed by atoms with Crippen LogP contribution < -0.4 is 0 Å². The Morgan fingerprint density at radius 2 is 0.667 bits per heavy atom. The summed E-state index contributed by atoms with van der Waals surface area (Å²) in [6, 6.07) is 96.5. The van der Waals surface area contributed by atoms with E-state index < -0.39 is 132 Å². The molecule has 8 bridgehead atoms. The molecule has 0 spiro atoms. The first-order chi connectivity index (χ1) is 56.9. The van der Waals surface area contributed by atoms with Crippen molar-refractivity contribution in [3.05, 3.63) is 273 Å². The smallest absolute Gasteiger partial charge is 0.437 e. The Morgan fingerprint density at radius 1 is 0.417 bits per heavy atom. The van der Waals surface area contributed by atoms with Crippen LogP contribution in [0.4, 0.5) is 26.3 Å². The first-order valence-electron chi connectivity index (χ1n) is 39.5. The molecule has 1 aliphatic heterocycles.